The Morgan fingerprint density at radius 1 is 0.343 bits per heavy atom. The van der Waals surface area contributed by atoms with Gasteiger partial charge in [0.15, 0.2) is 0 Å². The van der Waals surface area contributed by atoms with Crippen molar-refractivity contribution in [2.24, 2.45) is 0 Å². The van der Waals surface area contributed by atoms with Gasteiger partial charge in [-0.3, -0.25) is 0 Å². The molecule has 0 radical (unpaired) electrons. The highest BCUT2D eigenvalue weighted by Gasteiger charge is 2.48. The molecule has 0 N–H and O–H groups in total. The fraction of sp³-hybridized carbons (Fsp3) is 0.147. The van der Waals surface area contributed by atoms with E-state index in [1.807, 2.05) is 0 Å². The van der Waals surface area contributed by atoms with Gasteiger partial charge in [-0.25, -0.2) is 0 Å². The Bertz CT molecular complexity index is 3550. The second-order valence-electron chi connectivity index (χ2n) is 20.5. The van der Waals surface area contributed by atoms with Crippen LogP contribution in [0.5, 0.6) is 0 Å². The molecule has 2 nitrogen and oxygen atoms in total. The first-order valence-electron chi connectivity index (χ1n) is 24.8. The van der Waals surface area contributed by atoms with Crippen LogP contribution in [0.3, 0.4) is 0 Å². The summed E-state index contributed by atoms with van der Waals surface area (Å²) < 4.78 is 0. The van der Waals surface area contributed by atoms with Crippen molar-refractivity contribution >= 4 is 44.9 Å². The van der Waals surface area contributed by atoms with E-state index in [9.17, 15) is 0 Å². The molecule has 342 valence electrons. The van der Waals surface area contributed by atoms with Gasteiger partial charge < -0.3 is 9.80 Å². The zero-order valence-corrected chi connectivity index (χ0v) is 41.7. The summed E-state index contributed by atoms with van der Waals surface area (Å²) in [6.45, 7) is 18.0. The lowest BCUT2D eigenvalue weighted by Crippen LogP contribution is -2.29. The first-order valence-corrected chi connectivity index (χ1v) is 24.8. The van der Waals surface area contributed by atoms with E-state index in [0.717, 1.165) is 34.1 Å². The zero-order chi connectivity index (χ0) is 48.3. The van der Waals surface area contributed by atoms with Crippen molar-refractivity contribution in [3.8, 4) is 22.3 Å². The van der Waals surface area contributed by atoms with Crippen molar-refractivity contribution < 1.29 is 0 Å². The summed E-state index contributed by atoms with van der Waals surface area (Å²) in [4.78, 5) is 4.95. The summed E-state index contributed by atoms with van der Waals surface area (Å²) in [5.74, 6) is 0. The molecule has 0 saturated heterocycles. The molecule has 0 atom stereocenters. The monoisotopic (exact) mass is 904 g/mol. The number of benzene rings is 10. The van der Waals surface area contributed by atoms with Crippen LogP contribution in [0.4, 0.5) is 34.1 Å². The molecule has 0 saturated carbocycles. The van der Waals surface area contributed by atoms with Gasteiger partial charge in [0.2, 0.25) is 0 Å². The standard InChI is InChI=1S/C68H60N2/c1-45-20-18-24-51(40-45)68(52-25-19-21-46(2)41-52)62-43-56(69(53-26-10-9-11-27-53)54-34-32-50(33-35-54)67(6,7)8)37-39-61(62)66-60-30-16-15-29-59(60)65(44-63(66)68)70(64-31-17-13-23-48(64)4)55-36-38-58(49(5)42-55)57-28-14-12-22-47(57)3/h9-44H,1-8H3. The molecule has 0 aliphatic heterocycles. The molecule has 0 heterocycles. The molecule has 0 spiro atoms. The third kappa shape index (κ3) is 7.51. The van der Waals surface area contributed by atoms with E-state index >= 15 is 0 Å². The summed E-state index contributed by atoms with van der Waals surface area (Å²) in [7, 11) is 0. The van der Waals surface area contributed by atoms with Crippen molar-refractivity contribution in [2.75, 3.05) is 9.80 Å². The average Bonchev–Trinajstić information content (AvgIpc) is 3.66. The lowest BCUT2D eigenvalue weighted by atomic mass is 9.67. The van der Waals surface area contributed by atoms with Crippen molar-refractivity contribution in [3.05, 3.63) is 274 Å². The van der Waals surface area contributed by atoms with E-state index in [1.165, 1.54) is 88.7 Å². The van der Waals surface area contributed by atoms with E-state index in [-0.39, 0.29) is 5.41 Å². The smallest absolute Gasteiger partial charge is 0.0715 e. The summed E-state index contributed by atoms with van der Waals surface area (Å²) in [5.41, 5.74) is 23.7. The first-order chi connectivity index (χ1) is 33.9. The minimum Gasteiger partial charge on any atom is -0.310 e. The average molecular weight is 905 g/mol. The topological polar surface area (TPSA) is 6.48 Å². The zero-order valence-electron chi connectivity index (χ0n) is 41.7. The van der Waals surface area contributed by atoms with Crippen molar-refractivity contribution in [1.29, 1.82) is 0 Å². The molecule has 1 aliphatic rings. The summed E-state index contributed by atoms with van der Waals surface area (Å²) >= 11 is 0. The number of hydrogen-bond acceptors (Lipinski definition) is 2. The van der Waals surface area contributed by atoms with Gasteiger partial charge in [-0.2, -0.15) is 0 Å². The van der Waals surface area contributed by atoms with Crippen LogP contribution in [0.1, 0.15) is 76.4 Å². The largest absolute Gasteiger partial charge is 0.310 e. The van der Waals surface area contributed by atoms with Gasteiger partial charge in [-0.05, 0) is 173 Å². The van der Waals surface area contributed by atoms with E-state index in [2.05, 4.69) is 284 Å². The lowest BCUT2D eigenvalue weighted by Gasteiger charge is -2.36. The number of nitrogens with zero attached hydrogens (tertiary/aromatic N) is 2. The van der Waals surface area contributed by atoms with Gasteiger partial charge in [-0.1, -0.05) is 190 Å². The number of aryl methyl sites for hydroxylation is 5. The van der Waals surface area contributed by atoms with Crippen LogP contribution in [0, 0.1) is 34.6 Å². The van der Waals surface area contributed by atoms with E-state index in [1.54, 1.807) is 0 Å². The molecule has 10 aromatic carbocycles. The van der Waals surface area contributed by atoms with Crippen LogP contribution >= 0.6 is 0 Å². The molecule has 0 fully saturated rings. The van der Waals surface area contributed by atoms with Gasteiger partial charge in [0, 0.05) is 33.8 Å². The van der Waals surface area contributed by atoms with Gasteiger partial charge in [-0.15, -0.1) is 0 Å². The summed E-state index contributed by atoms with van der Waals surface area (Å²) in [6, 6.07) is 82.1. The van der Waals surface area contributed by atoms with Gasteiger partial charge in [0.25, 0.3) is 0 Å². The number of rotatable bonds is 9. The predicted octanol–water partition coefficient (Wildman–Crippen LogP) is 18.6. The Labute approximate surface area is 415 Å². The normalized spacial score (nSPS) is 12.7. The molecule has 2 heteroatoms. The second-order valence-corrected chi connectivity index (χ2v) is 20.5. The highest BCUT2D eigenvalue weighted by molar-refractivity contribution is 6.11. The third-order valence-corrected chi connectivity index (χ3v) is 14.8. The highest BCUT2D eigenvalue weighted by Crippen LogP contribution is 2.61. The van der Waals surface area contributed by atoms with Crippen LogP contribution in [0.25, 0.3) is 33.0 Å². The van der Waals surface area contributed by atoms with Crippen LogP contribution in [0.2, 0.25) is 0 Å². The molecule has 1 aliphatic carbocycles. The Balaban J connectivity index is 1.23. The molecule has 0 unspecified atom stereocenters. The second kappa shape index (κ2) is 17.5. The molecule has 70 heavy (non-hydrogen) atoms. The van der Waals surface area contributed by atoms with Crippen molar-refractivity contribution in [3.63, 3.8) is 0 Å². The Hall–Kier alpha value is -7.94. The number of hydrogen-bond donors (Lipinski definition) is 0. The highest BCUT2D eigenvalue weighted by atomic mass is 15.2. The van der Waals surface area contributed by atoms with E-state index in [0.29, 0.717) is 0 Å². The Morgan fingerprint density at radius 3 is 1.51 bits per heavy atom. The maximum atomic E-state index is 2.55. The molecule has 0 bridgehead atoms. The SMILES string of the molecule is Cc1cccc(C2(c3cccc(C)c3)c3cc(N(c4ccccc4)c4ccc(C(C)(C)C)cc4)ccc3-c3c2cc(N(c2ccc(-c4ccccc4C)c(C)c2)c2ccccc2C)c2ccccc32)c1. The quantitative estimate of drug-likeness (QED) is 0.142. The molecule has 0 aromatic heterocycles. The van der Waals surface area contributed by atoms with Crippen LogP contribution in [-0.2, 0) is 10.8 Å². The van der Waals surface area contributed by atoms with Gasteiger partial charge in [0.1, 0.15) is 0 Å². The fourth-order valence-electron chi connectivity index (χ4n) is 11.3. The third-order valence-electron chi connectivity index (χ3n) is 14.8. The van der Waals surface area contributed by atoms with Crippen molar-refractivity contribution in [2.45, 2.75) is 66.2 Å². The Morgan fingerprint density at radius 2 is 0.886 bits per heavy atom. The predicted molar refractivity (Wildman–Crippen MR) is 298 cm³/mol. The van der Waals surface area contributed by atoms with Crippen molar-refractivity contribution in [1.82, 2.24) is 0 Å². The molecular weight excluding hydrogens is 845 g/mol. The minimum absolute atomic E-state index is 0.0384. The minimum atomic E-state index is -0.696. The van der Waals surface area contributed by atoms with Crippen LogP contribution in [0.15, 0.2) is 218 Å². The van der Waals surface area contributed by atoms with Crippen LogP contribution < -0.4 is 9.80 Å². The summed E-state index contributed by atoms with van der Waals surface area (Å²) in [6.07, 6.45) is 0. The summed E-state index contributed by atoms with van der Waals surface area (Å²) in [5, 5.41) is 2.44. The lowest BCUT2D eigenvalue weighted by molar-refractivity contribution is 0.590. The maximum absolute atomic E-state index is 2.55. The molecular formula is C68H60N2. The fourth-order valence-corrected chi connectivity index (χ4v) is 11.3. The molecule has 0 amide bonds. The number of fused-ring (bicyclic) bond motifs is 5. The van der Waals surface area contributed by atoms with Gasteiger partial charge >= 0.3 is 0 Å². The number of para-hydroxylation sites is 2. The molecule has 10 aromatic rings. The maximum Gasteiger partial charge on any atom is 0.0715 e. The number of anilines is 6. The first kappa shape index (κ1) is 44.6. The van der Waals surface area contributed by atoms with E-state index < -0.39 is 5.41 Å². The Kier molecular flexibility index (Phi) is 11.2. The van der Waals surface area contributed by atoms with Gasteiger partial charge in [0.05, 0.1) is 11.1 Å². The van der Waals surface area contributed by atoms with Crippen LogP contribution in [-0.4, -0.2) is 0 Å². The van der Waals surface area contributed by atoms with E-state index in [4.69, 9.17) is 0 Å². The molecule has 11 rings (SSSR count).